The number of hydrogen-bond donors (Lipinski definition) is 0. The van der Waals surface area contributed by atoms with E-state index in [9.17, 15) is 4.79 Å². The summed E-state index contributed by atoms with van der Waals surface area (Å²) in [5.41, 5.74) is 3.63. The number of ketones is 1. The molecule has 0 aromatic heterocycles. The molecule has 7 heteroatoms. The fourth-order valence-corrected chi connectivity index (χ4v) is 4.55. The third-order valence-corrected chi connectivity index (χ3v) is 6.39. The standard InChI is InChI=1S/C25H37N3O4/c1-8-27(9-2)10-11-28-20-15-25(3,4)16-21(29)18(20)14-19(26-28)17-12-22(30-5)24(32-7)23(13-17)31-6/h12-13H,8-11,14-16H2,1-7H3. The monoisotopic (exact) mass is 443 g/mol. The summed E-state index contributed by atoms with van der Waals surface area (Å²) in [6, 6.07) is 3.82. The molecule has 0 unspecified atom stereocenters. The first-order chi connectivity index (χ1) is 15.3. The van der Waals surface area contributed by atoms with E-state index >= 15 is 0 Å². The highest BCUT2D eigenvalue weighted by Crippen LogP contribution is 2.43. The lowest BCUT2D eigenvalue weighted by atomic mass is 9.74. The average molecular weight is 444 g/mol. The Hall–Kier alpha value is -2.54. The summed E-state index contributed by atoms with van der Waals surface area (Å²) in [6.07, 6.45) is 1.95. The van der Waals surface area contributed by atoms with Crippen molar-refractivity contribution >= 4 is 11.5 Å². The van der Waals surface area contributed by atoms with Gasteiger partial charge in [0.1, 0.15) is 0 Å². The van der Waals surface area contributed by atoms with E-state index in [1.54, 1.807) is 21.3 Å². The minimum absolute atomic E-state index is 0.0526. The van der Waals surface area contributed by atoms with Crippen LogP contribution in [0.2, 0.25) is 0 Å². The third-order valence-electron chi connectivity index (χ3n) is 6.39. The number of ether oxygens (including phenoxy) is 3. The van der Waals surface area contributed by atoms with Gasteiger partial charge in [0.15, 0.2) is 17.3 Å². The molecule has 0 saturated heterocycles. The molecule has 0 radical (unpaired) electrons. The summed E-state index contributed by atoms with van der Waals surface area (Å²) in [4.78, 5) is 15.5. The van der Waals surface area contributed by atoms with Crippen LogP contribution in [0.15, 0.2) is 28.5 Å². The van der Waals surface area contributed by atoms with E-state index in [2.05, 4.69) is 37.6 Å². The maximum absolute atomic E-state index is 13.1. The number of hydrogen-bond acceptors (Lipinski definition) is 7. The van der Waals surface area contributed by atoms with Crippen molar-refractivity contribution in [2.24, 2.45) is 10.5 Å². The molecule has 0 N–H and O–H groups in total. The number of rotatable bonds is 9. The van der Waals surface area contributed by atoms with Crippen molar-refractivity contribution in [3.05, 3.63) is 29.0 Å². The van der Waals surface area contributed by atoms with Gasteiger partial charge in [0.25, 0.3) is 0 Å². The molecule has 32 heavy (non-hydrogen) atoms. The van der Waals surface area contributed by atoms with Gasteiger partial charge in [-0.15, -0.1) is 0 Å². The number of benzene rings is 1. The van der Waals surface area contributed by atoms with Gasteiger partial charge in [0.05, 0.1) is 33.6 Å². The van der Waals surface area contributed by atoms with Gasteiger partial charge in [-0.2, -0.15) is 5.10 Å². The average Bonchev–Trinajstić information content (AvgIpc) is 2.78. The molecule has 0 atom stereocenters. The zero-order valence-corrected chi connectivity index (χ0v) is 20.6. The molecule has 1 aromatic rings. The van der Waals surface area contributed by atoms with Crippen LogP contribution in [0.1, 0.15) is 52.5 Å². The Bertz CT molecular complexity index is 891. The van der Waals surface area contributed by atoms with Crippen molar-refractivity contribution in [3.63, 3.8) is 0 Å². The van der Waals surface area contributed by atoms with E-state index < -0.39 is 0 Å². The number of nitrogens with zero attached hydrogens (tertiary/aromatic N) is 3. The predicted octanol–water partition coefficient (Wildman–Crippen LogP) is 4.11. The molecule has 1 aromatic carbocycles. The zero-order valence-electron chi connectivity index (χ0n) is 20.6. The van der Waals surface area contributed by atoms with E-state index in [1.165, 1.54) is 0 Å². The molecule has 0 spiro atoms. The molecule has 1 heterocycles. The summed E-state index contributed by atoms with van der Waals surface area (Å²) in [6.45, 7) is 12.3. The van der Waals surface area contributed by atoms with Gasteiger partial charge in [-0.3, -0.25) is 9.80 Å². The van der Waals surface area contributed by atoms with E-state index in [0.29, 0.717) is 30.1 Å². The second-order valence-corrected chi connectivity index (χ2v) is 9.15. The van der Waals surface area contributed by atoms with Gasteiger partial charge in [-0.05, 0) is 37.1 Å². The van der Waals surface area contributed by atoms with E-state index in [0.717, 1.165) is 55.1 Å². The first kappa shape index (κ1) is 24.1. The number of allylic oxidation sites excluding steroid dienone is 2. The fraction of sp³-hybridized carbons (Fsp3) is 0.600. The number of hydrazone groups is 1. The van der Waals surface area contributed by atoms with Crippen LogP contribution in [0.25, 0.3) is 0 Å². The summed E-state index contributed by atoms with van der Waals surface area (Å²) >= 11 is 0. The quantitative estimate of drug-likeness (QED) is 0.572. The molecule has 0 fully saturated rings. The normalized spacial score (nSPS) is 17.9. The Balaban J connectivity index is 2.03. The van der Waals surface area contributed by atoms with Gasteiger partial charge in [0, 0.05) is 36.2 Å². The first-order valence-electron chi connectivity index (χ1n) is 11.4. The number of likely N-dealkylation sites (N-methyl/N-ethyl adjacent to an activating group) is 1. The van der Waals surface area contributed by atoms with Crippen molar-refractivity contribution in [2.75, 3.05) is 47.5 Å². The van der Waals surface area contributed by atoms with E-state index in [-0.39, 0.29) is 11.2 Å². The van der Waals surface area contributed by atoms with Crippen LogP contribution < -0.4 is 14.2 Å². The van der Waals surface area contributed by atoms with Crippen molar-refractivity contribution in [1.29, 1.82) is 0 Å². The van der Waals surface area contributed by atoms with Crippen LogP contribution in [0, 0.1) is 5.41 Å². The lowest BCUT2D eigenvalue weighted by Gasteiger charge is -2.39. The second kappa shape index (κ2) is 9.94. The Morgan fingerprint density at radius 1 is 1.03 bits per heavy atom. The lowest BCUT2D eigenvalue weighted by Crippen LogP contribution is -2.39. The Kier molecular flexibility index (Phi) is 7.49. The Labute approximate surface area is 192 Å². The van der Waals surface area contributed by atoms with Crippen molar-refractivity contribution in [2.45, 2.75) is 47.0 Å². The summed E-state index contributed by atoms with van der Waals surface area (Å²) < 4.78 is 16.5. The van der Waals surface area contributed by atoms with Gasteiger partial charge >= 0.3 is 0 Å². The molecule has 0 saturated carbocycles. The molecule has 176 valence electrons. The summed E-state index contributed by atoms with van der Waals surface area (Å²) in [5.74, 6) is 1.93. The smallest absolute Gasteiger partial charge is 0.203 e. The van der Waals surface area contributed by atoms with Crippen LogP contribution in [0.4, 0.5) is 0 Å². The largest absolute Gasteiger partial charge is 0.493 e. The number of carbonyl (C=O) groups is 1. The molecule has 7 nitrogen and oxygen atoms in total. The molecule has 1 aliphatic heterocycles. The van der Waals surface area contributed by atoms with Crippen LogP contribution in [0.5, 0.6) is 17.2 Å². The SMILES string of the molecule is CCN(CC)CCN1N=C(c2cc(OC)c(OC)c(OC)c2)CC2=C1CC(C)(C)CC2=O. The molecule has 2 aliphatic rings. The van der Waals surface area contributed by atoms with Crippen molar-refractivity contribution in [3.8, 4) is 17.2 Å². The highest BCUT2D eigenvalue weighted by atomic mass is 16.5. The van der Waals surface area contributed by atoms with Crippen molar-refractivity contribution < 1.29 is 19.0 Å². The van der Waals surface area contributed by atoms with Gasteiger partial charge in [-0.25, -0.2) is 0 Å². The highest BCUT2D eigenvalue weighted by molar-refractivity contribution is 6.10. The number of carbonyl (C=O) groups excluding carboxylic acids is 1. The highest BCUT2D eigenvalue weighted by Gasteiger charge is 2.38. The predicted molar refractivity (Wildman–Crippen MR) is 127 cm³/mol. The van der Waals surface area contributed by atoms with Crippen LogP contribution >= 0.6 is 0 Å². The van der Waals surface area contributed by atoms with Crippen LogP contribution in [0.3, 0.4) is 0 Å². The van der Waals surface area contributed by atoms with Gasteiger partial charge < -0.3 is 19.1 Å². The Morgan fingerprint density at radius 3 is 2.19 bits per heavy atom. The second-order valence-electron chi connectivity index (χ2n) is 9.15. The number of methoxy groups -OCH3 is 3. The molecule has 0 bridgehead atoms. The Morgan fingerprint density at radius 2 is 1.66 bits per heavy atom. The molecule has 0 amide bonds. The molecule has 1 aliphatic carbocycles. The minimum atomic E-state index is -0.0526. The van der Waals surface area contributed by atoms with Crippen LogP contribution in [-0.4, -0.2) is 68.9 Å². The lowest BCUT2D eigenvalue weighted by molar-refractivity contribution is -0.118. The van der Waals surface area contributed by atoms with Crippen LogP contribution in [-0.2, 0) is 4.79 Å². The number of Topliss-reactive ketones (excluding diaryl/α,β-unsaturated/α-hetero) is 1. The first-order valence-corrected chi connectivity index (χ1v) is 11.4. The fourth-order valence-electron chi connectivity index (χ4n) is 4.55. The molecular weight excluding hydrogens is 406 g/mol. The third kappa shape index (κ3) is 4.93. The van der Waals surface area contributed by atoms with E-state index in [1.807, 2.05) is 12.1 Å². The minimum Gasteiger partial charge on any atom is -0.493 e. The summed E-state index contributed by atoms with van der Waals surface area (Å²) in [5, 5.41) is 7.11. The summed E-state index contributed by atoms with van der Waals surface area (Å²) in [7, 11) is 4.80. The van der Waals surface area contributed by atoms with E-state index in [4.69, 9.17) is 19.3 Å². The molecular formula is C25H37N3O4. The van der Waals surface area contributed by atoms with Gasteiger partial charge in [0.2, 0.25) is 5.75 Å². The van der Waals surface area contributed by atoms with Crippen molar-refractivity contribution in [1.82, 2.24) is 9.91 Å². The zero-order chi connectivity index (χ0) is 23.5. The molecule has 3 rings (SSSR count). The topological polar surface area (TPSA) is 63.6 Å². The van der Waals surface area contributed by atoms with Gasteiger partial charge in [-0.1, -0.05) is 27.7 Å². The maximum atomic E-state index is 13.1. The maximum Gasteiger partial charge on any atom is 0.203 e.